The van der Waals surface area contributed by atoms with Crippen molar-refractivity contribution in [3.8, 4) is 11.1 Å². The van der Waals surface area contributed by atoms with E-state index in [4.69, 9.17) is 4.42 Å². The minimum atomic E-state index is -0.431. The van der Waals surface area contributed by atoms with E-state index in [0.29, 0.717) is 0 Å². The predicted octanol–water partition coefficient (Wildman–Crippen LogP) is 3.21. The van der Waals surface area contributed by atoms with Gasteiger partial charge in [-0.1, -0.05) is 36.4 Å². The molecule has 0 radical (unpaired) electrons. The van der Waals surface area contributed by atoms with E-state index in [1.54, 1.807) is 0 Å². The van der Waals surface area contributed by atoms with Crippen LogP contribution < -0.4 is 5.32 Å². The third kappa shape index (κ3) is 3.61. The molecule has 0 atom stereocenters. The molecule has 0 aliphatic rings. The first-order chi connectivity index (χ1) is 13.1. The van der Waals surface area contributed by atoms with Crippen molar-refractivity contribution >= 4 is 33.2 Å². The van der Waals surface area contributed by atoms with Gasteiger partial charge < -0.3 is 9.73 Å². The minimum absolute atomic E-state index is 0.0793. The van der Waals surface area contributed by atoms with Gasteiger partial charge in [0.25, 0.3) is 11.7 Å². The van der Waals surface area contributed by atoms with Gasteiger partial charge in [0, 0.05) is 6.92 Å². The van der Waals surface area contributed by atoms with Gasteiger partial charge in [0.1, 0.15) is 0 Å². The lowest BCUT2D eigenvalue weighted by molar-refractivity contribution is -0.119. The smallest absolute Gasteiger partial charge is 0.291 e. The summed E-state index contributed by atoms with van der Waals surface area (Å²) < 4.78 is 6.22. The molecule has 0 saturated carbocycles. The number of aromatic nitrogens is 3. The van der Waals surface area contributed by atoms with Crippen molar-refractivity contribution in [3.05, 3.63) is 65.3 Å². The predicted molar refractivity (Wildman–Crippen MR) is 100 cm³/mol. The summed E-state index contributed by atoms with van der Waals surface area (Å²) in [5, 5.41) is 10.3. The highest BCUT2D eigenvalue weighted by atomic mass is 32.1. The Morgan fingerprint density at radius 3 is 2.67 bits per heavy atom. The maximum absolute atomic E-state index is 12.6. The molecule has 1 N–H and O–H groups in total. The molecule has 4 aromatic rings. The van der Waals surface area contributed by atoms with Crippen LogP contribution >= 0.6 is 11.3 Å². The summed E-state index contributed by atoms with van der Waals surface area (Å²) in [5.74, 6) is -0.626. The lowest BCUT2D eigenvalue weighted by Crippen LogP contribution is -2.19. The fourth-order valence-electron chi connectivity index (χ4n) is 2.54. The van der Waals surface area contributed by atoms with Crippen molar-refractivity contribution in [1.29, 1.82) is 0 Å². The van der Waals surface area contributed by atoms with E-state index in [0.717, 1.165) is 21.3 Å². The first-order valence-corrected chi connectivity index (χ1v) is 8.99. The molecule has 0 unspecified atom stereocenters. The van der Waals surface area contributed by atoms with Gasteiger partial charge in [-0.3, -0.25) is 9.59 Å². The zero-order valence-corrected chi connectivity index (χ0v) is 15.1. The Balaban J connectivity index is 1.60. The third-order valence-corrected chi connectivity index (χ3v) is 4.86. The lowest BCUT2D eigenvalue weighted by atomic mass is 10.1. The van der Waals surface area contributed by atoms with Crippen LogP contribution in [0.5, 0.6) is 0 Å². The quantitative estimate of drug-likeness (QED) is 0.536. The summed E-state index contributed by atoms with van der Waals surface area (Å²) in [6, 6.07) is 15.9. The Labute approximate surface area is 158 Å². The zero-order chi connectivity index (χ0) is 18.8. The second-order valence-electron chi connectivity index (χ2n) is 5.81. The van der Waals surface area contributed by atoms with E-state index in [9.17, 15) is 9.59 Å². The molecule has 1 amide bonds. The van der Waals surface area contributed by atoms with Crippen LogP contribution in [-0.4, -0.2) is 26.9 Å². The molecule has 2 aromatic carbocycles. The molecule has 4 rings (SSSR count). The van der Waals surface area contributed by atoms with E-state index in [1.165, 1.54) is 18.3 Å². The van der Waals surface area contributed by atoms with Gasteiger partial charge in [-0.25, -0.2) is 4.98 Å². The molecule has 7 nitrogen and oxygen atoms in total. The van der Waals surface area contributed by atoms with Crippen LogP contribution in [0.15, 0.2) is 52.9 Å². The van der Waals surface area contributed by atoms with Gasteiger partial charge in [-0.15, -0.1) is 21.5 Å². The van der Waals surface area contributed by atoms with Crippen LogP contribution in [0.3, 0.4) is 0 Å². The summed E-state index contributed by atoms with van der Waals surface area (Å²) in [4.78, 5) is 27.9. The topological polar surface area (TPSA) is 98.0 Å². The highest BCUT2D eigenvalue weighted by Gasteiger charge is 2.21. The van der Waals surface area contributed by atoms with Gasteiger partial charge in [0.2, 0.25) is 11.8 Å². The fourth-order valence-corrected chi connectivity index (χ4v) is 3.48. The van der Waals surface area contributed by atoms with Gasteiger partial charge in [0.15, 0.2) is 5.01 Å². The van der Waals surface area contributed by atoms with E-state index in [1.807, 2.05) is 48.5 Å². The molecule has 0 bridgehead atoms. The first-order valence-electron chi connectivity index (χ1n) is 8.17. The number of fused-ring (bicyclic) bond motifs is 1. The van der Waals surface area contributed by atoms with Crippen LogP contribution in [0.2, 0.25) is 0 Å². The number of nitrogens with one attached hydrogen (secondary N) is 1. The number of hydrogen-bond donors (Lipinski definition) is 1. The van der Waals surface area contributed by atoms with Gasteiger partial charge >= 0.3 is 0 Å². The molecule has 134 valence electrons. The van der Waals surface area contributed by atoms with E-state index in [2.05, 4.69) is 20.5 Å². The summed E-state index contributed by atoms with van der Waals surface area (Å²) in [5.41, 5.74) is 2.89. The Bertz CT molecular complexity index is 1130. The fraction of sp³-hybridized carbons (Fsp3) is 0.105. The largest absolute Gasteiger partial charge is 0.416 e. The number of benzene rings is 2. The molecule has 0 fully saturated rings. The molecule has 2 aromatic heterocycles. The van der Waals surface area contributed by atoms with Crippen molar-refractivity contribution in [2.24, 2.45) is 0 Å². The Morgan fingerprint density at radius 2 is 1.89 bits per heavy atom. The summed E-state index contributed by atoms with van der Waals surface area (Å²) in [7, 11) is 0. The Morgan fingerprint density at radius 1 is 1.07 bits per heavy atom. The van der Waals surface area contributed by atoms with Crippen molar-refractivity contribution in [2.45, 2.75) is 13.5 Å². The summed E-state index contributed by atoms with van der Waals surface area (Å²) >= 11 is 1.28. The first kappa shape index (κ1) is 17.0. The third-order valence-electron chi connectivity index (χ3n) is 3.84. The molecule has 0 aliphatic carbocycles. The molecular formula is C19H14N4O3S. The molecule has 27 heavy (non-hydrogen) atoms. The Hall–Kier alpha value is -3.39. The van der Waals surface area contributed by atoms with Crippen molar-refractivity contribution < 1.29 is 14.0 Å². The minimum Gasteiger partial charge on any atom is -0.416 e. The standard InChI is InChI=1S/C19H14N4O3S/c1-11(24)20-10-16-22-23-18(26-16)17(25)19-21-14-8-7-13(9-15(14)27-19)12-5-3-2-4-6-12/h2-9H,10H2,1H3,(H,20,24). The van der Waals surface area contributed by atoms with Crippen LogP contribution in [-0.2, 0) is 11.3 Å². The van der Waals surface area contributed by atoms with Crippen LogP contribution in [0.1, 0.15) is 28.5 Å². The van der Waals surface area contributed by atoms with Crippen LogP contribution in [0, 0.1) is 0 Å². The average Bonchev–Trinajstić information content (AvgIpc) is 3.33. The normalized spacial score (nSPS) is 10.9. The van der Waals surface area contributed by atoms with Crippen molar-refractivity contribution in [1.82, 2.24) is 20.5 Å². The van der Waals surface area contributed by atoms with Gasteiger partial charge in [0.05, 0.1) is 16.8 Å². The van der Waals surface area contributed by atoms with E-state index >= 15 is 0 Å². The number of hydrogen-bond acceptors (Lipinski definition) is 7. The summed E-state index contributed by atoms with van der Waals surface area (Å²) in [6.07, 6.45) is 0. The van der Waals surface area contributed by atoms with Crippen LogP contribution in [0.25, 0.3) is 21.3 Å². The molecule has 0 spiro atoms. The summed E-state index contributed by atoms with van der Waals surface area (Å²) in [6.45, 7) is 1.46. The number of nitrogens with zero attached hydrogens (tertiary/aromatic N) is 3. The number of amides is 1. The monoisotopic (exact) mass is 378 g/mol. The van der Waals surface area contributed by atoms with Gasteiger partial charge in [-0.2, -0.15) is 0 Å². The van der Waals surface area contributed by atoms with E-state index < -0.39 is 5.78 Å². The number of carbonyl (C=O) groups excluding carboxylic acids is 2. The van der Waals surface area contributed by atoms with Crippen LogP contribution in [0.4, 0.5) is 0 Å². The number of carbonyl (C=O) groups is 2. The second kappa shape index (κ2) is 7.08. The van der Waals surface area contributed by atoms with Gasteiger partial charge in [-0.05, 0) is 23.3 Å². The average molecular weight is 378 g/mol. The van der Waals surface area contributed by atoms with E-state index in [-0.39, 0.29) is 29.2 Å². The molecule has 0 aliphatic heterocycles. The zero-order valence-electron chi connectivity index (χ0n) is 14.3. The number of ketones is 1. The SMILES string of the molecule is CC(=O)NCc1nnc(C(=O)c2nc3ccc(-c4ccccc4)cc3s2)o1. The lowest BCUT2D eigenvalue weighted by Gasteiger charge is -2.00. The molecular weight excluding hydrogens is 364 g/mol. The highest BCUT2D eigenvalue weighted by molar-refractivity contribution is 7.20. The number of thiazole rings is 1. The Kier molecular flexibility index (Phi) is 4.47. The maximum atomic E-state index is 12.6. The second-order valence-corrected chi connectivity index (χ2v) is 6.84. The maximum Gasteiger partial charge on any atom is 0.291 e. The molecule has 2 heterocycles. The molecule has 0 saturated heterocycles. The molecule has 8 heteroatoms. The van der Waals surface area contributed by atoms with Crippen molar-refractivity contribution in [2.75, 3.05) is 0 Å². The van der Waals surface area contributed by atoms with Crippen molar-refractivity contribution in [3.63, 3.8) is 0 Å². The highest BCUT2D eigenvalue weighted by Crippen LogP contribution is 2.29. The number of rotatable bonds is 5.